The third kappa shape index (κ3) is 4.45. The lowest BCUT2D eigenvalue weighted by molar-refractivity contribution is -0.124. The van der Waals surface area contributed by atoms with Crippen molar-refractivity contribution in [2.75, 3.05) is 18.4 Å². The van der Waals surface area contributed by atoms with Crippen molar-refractivity contribution >= 4 is 17.6 Å². The fourth-order valence-electron chi connectivity index (χ4n) is 2.86. The number of nitrogens with one attached hydrogen (secondary N) is 3. The van der Waals surface area contributed by atoms with Gasteiger partial charge in [0, 0.05) is 30.9 Å². The molecule has 2 aliphatic rings. The van der Waals surface area contributed by atoms with Gasteiger partial charge in [-0.3, -0.25) is 15.0 Å². The summed E-state index contributed by atoms with van der Waals surface area (Å²) in [7, 11) is 0. The van der Waals surface area contributed by atoms with Crippen molar-refractivity contribution in [1.82, 2.24) is 15.5 Å². The molecule has 6 nitrogen and oxygen atoms in total. The quantitative estimate of drug-likeness (QED) is 0.770. The molecule has 2 fully saturated rings. The number of para-hydroxylation sites is 1. The van der Waals surface area contributed by atoms with E-state index >= 15 is 0 Å². The SMILES string of the molecule is C[C@H](C(=O)NC(=O)NC1CC1)N1CC[C@H](Nc2ccccc2)C1. The fraction of sp³-hybridized carbons (Fsp3) is 0.529. The van der Waals surface area contributed by atoms with Crippen molar-refractivity contribution in [1.29, 1.82) is 0 Å². The maximum atomic E-state index is 12.2. The Hall–Kier alpha value is -2.08. The van der Waals surface area contributed by atoms with Gasteiger partial charge >= 0.3 is 6.03 Å². The highest BCUT2D eigenvalue weighted by Crippen LogP contribution is 2.19. The van der Waals surface area contributed by atoms with E-state index in [4.69, 9.17) is 0 Å². The van der Waals surface area contributed by atoms with Gasteiger partial charge in [0.15, 0.2) is 0 Å². The minimum absolute atomic E-state index is 0.233. The van der Waals surface area contributed by atoms with Crippen LogP contribution < -0.4 is 16.0 Å². The zero-order valence-corrected chi connectivity index (χ0v) is 13.4. The number of amides is 3. The minimum atomic E-state index is -0.373. The molecule has 3 rings (SSSR count). The molecule has 6 heteroatoms. The number of urea groups is 1. The van der Waals surface area contributed by atoms with E-state index in [0.29, 0.717) is 6.04 Å². The summed E-state index contributed by atoms with van der Waals surface area (Å²) in [5.41, 5.74) is 1.10. The molecule has 0 bridgehead atoms. The number of imide groups is 1. The standard InChI is InChI=1S/C17H24N4O2/c1-12(16(22)20-17(23)19-14-7-8-14)21-10-9-15(11-21)18-13-5-3-2-4-6-13/h2-6,12,14-15,18H,7-11H2,1H3,(H2,19,20,22,23)/t12-,15+/m1/s1. The van der Waals surface area contributed by atoms with Crippen LogP contribution in [0.15, 0.2) is 30.3 Å². The summed E-state index contributed by atoms with van der Waals surface area (Å²) in [6, 6.07) is 9.99. The van der Waals surface area contributed by atoms with E-state index in [-0.39, 0.29) is 24.0 Å². The summed E-state index contributed by atoms with van der Waals surface area (Å²) < 4.78 is 0. The van der Waals surface area contributed by atoms with E-state index in [1.807, 2.05) is 37.3 Å². The number of hydrogen-bond donors (Lipinski definition) is 3. The van der Waals surface area contributed by atoms with Gasteiger partial charge in [-0.25, -0.2) is 4.79 Å². The van der Waals surface area contributed by atoms with E-state index in [1.54, 1.807) is 0 Å². The van der Waals surface area contributed by atoms with E-state index in [1.165, 1.54) is 0 Å². The Morgan fingerprint density at radius 2 is 1.87 bits per heavy atom. The zero-order valence-electron chi connectivity index (χ0n) is 13.4. The fourth-order valence-corrected chi connectivity index (χ4v) is 2.86. The van der Waals surface area contributed by atoms with Crippen LogP contribution in [0.5, 0.6) is 0 Å². The normalized spacial score (nSPS) is 22.4. The second-order valence-electron chi connectivity index (χ2n) is 6.40. The first-order chi connectivity index (χ1) is 11.1. The Morgan fingerprint density at radius 1 is 1.13 bits per heavy atom. The first kappa shape index (κ1) is 15.8. The second-order valence-corrected chi connectivity index (χ2v) is 6.40. The lowest BCUT2D eigenvalue weighted by atomic mass is 10.2. The molecule has 1 aromatic rings. The Labute approximate surface area is 136 Å². The molecule has 3 N–H and O–H groups in total. The van der Waals surface area contributed by atoms with Gasteiger partial charge in [0.1, 0.15) is 0 Å². The summed E-state index contributed by atoms with van der Waals surface area (Å²) in [6.07, 6.45) is 3.01. The largest absolute Gasteiger partial charge is 0.381 e. The number of carbonyl (C=O) groups is 2. The lowest BCUT2D eigenvalue weighted by Crippen LogP contribution is -2.49. The van der Waals surface area contributed by atoms with Crippen LogP contribution in [-0.4, -0.2) is 48.1 Å². The van der Waals surface area contributed by atoms with E-state index in [0.717, 1.165) is 38.0 Å². The van der Waals surface area contributed by atoms with Gasteiger partial charge in [-0.2, -0.15) is 0 Å². The van der Waals surface area contributed by atoms with Crippen molar-refractivity contribution in [3.8, 4) is 0 Å². The third-order valence-corrected chi connectivity index (χ3v) is 4.44. The molecular formula is C17H24N4O2. The van der Waals surface area contributed by atoms with Gasteiger partial charge in [0.2, 0.25) is 5.91 Å². The molecule has 0 aromatic heterocycles. The van der Waals surface area contributed by atoms with Crippen LogP contribution in [0.1, 0.15) is 26.2 Å². The first-order valence-corrected chi connectivity index (χ1v) is 8.29. The Balaban J connectivity index is 1.45. The van der Waals surface area contributed by atoms with Crippen LogP contribution >= 0.6 is 0 Å². The molecule has 1 saturated carbocycles. The van der Waals surface area contributed by atoms with E-state index < -0.39 is 0 Å². The predicted octanol–water partition coefficient (Wildman–Crippen LogP) is 1.55. The molecule has 1 aliphatic carbocycles. The van der Waals surface area contributed by atoms with E-state index in [2.05, 4.69) is 20.9 Å². The maximum absolute atomic E-state index is 12.2. The van der Waals surface area contributed by atoms with Gasteiger partial charge in [-0.05, 0) is 38.3 Å². The molecule has 2 atom stereocenters. The second kappa shape index (κ2) is 7.00. The summed E-state index contributed by atoms with van der Waals surface area (Å²) in [6.45, 7) is 3.50. The van der Waals surface area contributed by atoms with Crippen molar-refractivity contribution < 1.29 is 9.59 Å². The zero-order chi connectivity index (χ0) is 16.2. The molecule has 1 saturated heterocycles. The van der Waals surface area contributed by atoms with E-state index in [9.17, 15) is 9.59 Å². The summed E-state index contributed by atoms with van der Waals surface area (Å²) in [5.74, 6) is -0.233. The Bertz CT molecular complexity index is 559. The smallest absolute Gasteiger partial charge is 0.321 e. The average molecular weight is 316 g/mol. The molecule has 0 spiro atoms. The molecule has 1 heterocycles. The Kier molecular flexibility index (Phi) is 4.81. The Morgan fingerprint density at radius 3 is 2.57 bits per heavy atom. The number of rotatable bonds is 5. The third-order valence-electron chi connectivity index (χ3n) is 4.44. The molecular weight excluding hydrogens is 292 g/mol. The number of nitrogens with zero attached hydrogens (tertiary/aromatic N) is 1. The number of hydrogen-bond acceptors (Lipinski definition) is 4. The van der Waals surface area contributed by atoms with Crippen LogP contribution in [0.2, 0.25) is 0 Å². The highest BCUT2D eigenvalue weighted by atomic mass is 16.2. The van der Waals surface area contributed by atoms with Crippen LogP contribution in [-0.2, 0) is 4.79 Å². The van der Waals surface area contributed by atoms with Crippen LogP contribution in [0.3, 0.4) is 0 Å². The van der Waals surface area contributed by atoms with Crippen molar-refractivity contribution in [3.63, 3.8) is 0 Å². The van der Waals surface area contributed by atoms with Gasteiger partial charge in [-0.15, -0.1) is 0 Å². The van der Waals surface area contributed by atoms with Gasteiger partial charge in [0.25, 0.3) is 0 Å². The minimum Gasteiger partial charge on any atom is -0.381 e. The average Bonchev–Trinajstić information content (AvgIpc) is 3.23. The van der Waals surface area contributed by atoms with Gasteiger partial charge < -0.3 is 10.6 Å². The van der Waals surface area contributed by atoms with Gasteiger partial charge in [0.05, 0.1) is 6.04 Å². The van der Waals surface area contributed by atoms with Crippen LogP contribution in [0.25, 0.3) is 0 Å². The number of carbonyl (C=O) groups excluding carboxylic acids is 2. The summed E-state index contributed by atoms with van der Waals surface area (Å²) in [5, 5.41) is 8.70. The monoisotopic (exact) mass is 316 g/mol. The predicted molar refractivity (Wildman–Crippen MR) is 89.2 cm³/mol. The topological polar surface area (TPSA) is 73.5 Å². The van der Waals surface area contributed by atoms with Gasteiger partial charge in [-0.1, -0.05) is 18.2 Å². The highest BCUT2D eigenvalue weighted by molar-refractivity contribution is 5.97. The number of likely N-dealkylation sites (tertiary alicyclic amines) is 1. The molecule has 1 aliphatic heterocycles. The van der Waals surface area contributed by atoms with Crippen molar-refractivity contribution in [3.05, 3.63) is 30.3 Å². The molecule has 0 unspecified atom stereocenters. The van der Waals surface area contributed by atoms with Crippen molar-refractivity contribution in [2.45, 2.75) is 44.3 Å². The van der Waals surface area contributed by atoms with Crippen LogP contribution in [0.4, 0.5) is 10.5 Å². The number of anilines is 1. The molecule has 124 valence electrons. The maximum Gasteiger partial charge on any atom is 0.321 e. The van der Waals surface area contributed by atoms with Crippen molar-refractivity contribution in [2.24, 2.45) is 0 Å². The molecule has 3 amide bonds. The molecule has 1 aromatic carbocycles. The highest BCUT2D eigenvalue weighted by Gasteiger charge is 2.31. The van der Waals surface area contributed by atoms with Crippen LogP contribution in [0, 0.1) is 0 Å². The summed E-state index contributed by atoms with van der Waals surface area (Å²) in [4.78, 5) is 25.9. The number of benzene rings is 1. The molecule has 0 radical (unpaired) electrons. The first-order valence-electron chi connectivity index (χ1n) is 8.29. The molecule has 23 heavy (non-hydrogen) atoms. The summed E-state index contributed by atoms with van der Waals surface area (Å²) >= 11 is 0. The lowest BCUT2D eigenvalue weighted by Gasteiger charge is -2.23.